The molecule has 0 amide bonds. The summed E-state index contributed by atoms with van der Waals surface area (Å²) in [6.45, 7) is 16.6. The Morgan fingerprint density at radius 2 is 2.13 bits per heavy atom. The third kappa shape index (κ3) is 6.07. The zero-order chi connectivity index (χ0) is 23.0. The van der Waals surface area contributed by atoms with E-state index in [0.717, 1.165) is 35.1 Å². The highest BCUT2D eigenvalue weighted by Crippen LogP contribution is 2.36. The summed E-state index contributed by atoms with van der Waals surface area (Å²) in [6.07, 6.45) is 10.3. The molecule has 31 heavy (non-hydrogen) atoms. The highest BCUT2D eigenvalue weighted by Gasteiger charge is 2.18. The quantitative estimate of drug-likeness (QED) is 0.289. The highest BCUT2D eigenvalue weighted by atomic mass is 16.3. The first-order valence-corrected chi connectivity index (χ1v) is 10.5. The molecule has 0 bridgehead atoms. The summed E-state index contributed by atoms with van der Waals surface area (Å²) in [4.78, 5) is 15.7. The summed E-state index contributed by atoms with van der Waals surface area (Å²) < 4.78 is 2.00. The van der Waals surface area contributed by atoms with Crippen LogP contribution in [0.25, 0.3) is 5.82 Å². The molecule has 0 saturated heterocycles. The fraction of sp³-hybridized carbons (Fsp3) is 0.375. The number of hydrogen-bond acceptors (Lipinski definition) is 6. The minimum absolute atomic E-state index is 0.222. The van der Waals surface area contributed by atoms with Crippen LogP contribution >= 0.6 is 0 Å². The van der Waals surface area contributed by atoms with Crippen molar-refractivity contribution in [2.45, 2.75) is 46.6 Å². The first-order valence-electron chi connectivity index (χ1n) is 10.5. The molecule has 2 aromatic rings. The van der Waals surface area contributed by atoms with Crippen LogP contribution in [0, 0.1) is 0 Å². The van der Waals surface area contributed by atoms with Crippen molar-refractivity contribution in [3.63, 3.8) is 0 Å². The molecule has 0 aliphatic rings. The molecule has 2 heterocycles. The number of hydrogen-bond donors (Lipinski definition) is 2. The monoisotopic (exact) mass is 422 g/mol. The Bertz CT molecular complexity index is 970. The topological polar surface area (TPSA) is 78.6 Å². The van der Waals surface area contributed by atoms with Crippen molar-refractivity contribution in [3.05, 3.63) is 60.4 Å². The molecule has 0 atom stereocenters. The maximum absolute atomic E-state index is 9.55. The summed E-state index contributed by atoms with van der Waals surface area (Å²) in [5.41, 5.74) is 2.47. The summed E-state index contributed by atoms with van der Waals surface area (Å²) in [5.74, 6) is 2.71. The van der Waals surface area contributed by atoms with Crippen molar-refractivity contribution < 1.29 is 5.11 Å². The summed E-state index contributed by atoms with van der Waals surface area (Å²) in [6, 6.07) is 2.22. The first kappa shape index (κ1) is 23.9. The normalized spacial score (nSPS) is 11.9. The second kappa shape index (κ2) is 11.2. The molecule has 0 radical (unpaired) electrons. The van der Waals surface area contributed by atoms with Gasteiger partial charge in [0, 0.05) is 44.5 Å². The number of aliphatic hydroxyl groups excluding tert-OH is 1. The molecular formula is C24H34N6O. The third-order valence-corrected chi connectivity index (χ3v) is 5.06. The molecule has 2 rings (SSSR count). The molecule has 0 unspecified atom stereocenters. The van der Waals surface area contributed by atoms with Crippen molar-refractivity contribution in [2.75, 3.05) is 23.8 Å². The van der Waals surface area contributed by atoms with Gasteiger partial charge in [-0.2, -0.15) is 0 Å². The molecule has 7 nitrogen and oxygen atoms in total. The number of pyridine rings is 1. The van der Waals surface area contributed by atoms with Crippen molar-refractivity contribution in [1.29, 1.82) is 0 Å². The van der Waals surface area contributed by atoms with Gasteiger partial charge < -0.3 is 15.3 Å². The van der Waals surface area contributed by atoms with E-state index >= 15 is 0 Å². The molecule has 2 N–H and O–H groups in total. The van der Waals surface area contributed by atoms with Gasteiger partial charge in [0.2, 0.25) is 0 Å². The van der Waals surface area contributed by atoms with Crippen LogP contribution in [0.5, 0.6) is 0 Å². The molecule has 0 aromatic carbocycles. The van der Waals surface area contributed by atoms with Gasteiger partial charge in [-0.1, -0.05) is 25.2 Å². The predicted octanol–water partition coefficient (Wildman–Crippen LogP) is 5.38. The van der Waals surface area contributed by atoms with Crippen LogP contribution in [-0.2, 0) is 6.42 Å². The number of imidazole rings is 1. The van der Waals surface area contributed by atoms with Crippen LogP contribution in [0.1, 0.15) is 39.9 Å². The van der Waals surface area contributed by atoms with Crippen molar-refractivity contribution in [1.82, 2.24) is 14.5 Å². The van der Waals surface area contributed by atoms with Crippen LogP contribution in [0.2, 0.25) is 0 Å². The Hall–Kier alpha value is -3.35. The molecule has 0 saturated carbocycles. The molecular weight excluding hydrogens is 388 g/mol. The lowest BCUT2D eigenvalue weighted by Gasteiger charge is -2.26. The van der Waals surface area contributed by atoms with Crippen molar-refractivity contribution in [2.24, 2.45) is 4.99 Å². The van der Waals surface area contributed by atoms with Gasteiger partial charge in [0.25, 0.3) is 0 Å². The minimum atomic E-state index is 0.222. The second-order valence-electron chi connectivity index (χ2n) is 7.51. The lowest BCUT2D eigenvalue weighted by atomic mass is 10.2. The van der Waals surface area contributed by atoms with E-state index in [0.29, 0.717) is 18.7 Å². The van der Waals surface area contributed by atoms with Crippen LogP contribution in [0.15, 0.2) is 59.6 Å². The van der Waals surface area contributed by atoms with E-state index in [9.17, 15) is 5.11 Å². The predicted molar refractivity (Wildman–Crippen MR) is 131 cm³/mol. The minimum Gasteiger partial charge on any atom is -0.508 e. The fourth-order valence-electron chi connectivity index (χ4n) is 2.96. The number of aryl methyl sites for hydroxylation is 1. The molecule has 7 heteroatoms. The lowest BCUT2D eigenvalue weighted by molar-refractivity contribution is 0.431. The molecule has 0 aliphatic heterocycles. The van der Waals surface area contributed by atoms with Gasteiger partial charge in [-0.05, 0) is 46.1 Å². The standard InChI is InChI=1S/C24H34N6O/c1-8-19(31)11-10-18(5)12-13-26-20-16-22(30-15-14-27-21(30)9-2)28-24(23(20)25-6)29(7)17(3)4/h8,10-11,14-17,31H,5-6,9,12-13H2,1-4,7H3,(H,26,28)/b11-10-,19-8+. The number of allylic oxidation sites excluding steroid dienone is 3. The number of nitrogens with one attached hydrogen (secondary N) is 1. The number of aromatic nitrogens is 3. The van der Waals surface area contributed by atoms with Crippen molar-refractivity contribution in [3.8, 4) is 5.82 Å². The zero-order valence-corrected chi connectivity index (χ0v) is 19.3. The van der Waals surface area contributed by atoms with Gasteiger partial charge >= 0.3 is 0 Å². The van der Waals surface area contributed by atoms with E-state index in [1.807, 2.05) is 30.0 Å². The summed E-state index contributed by atoms with van der Waals surface area (Å²) >= 11 is 0. The average Bonchev–Trinajstić information content (AvgIpc) is 3.25. The first-order chi connectivity index (χ1) is 14.8. The van der Waals surface area contributed by atoms with E-state index in [1.54, 1.807) is 25.3 Å². The van der Waals surface area contributed by atoms with Gasteiger partial charge in [0.05, 0.1) is 5.69 Å². The fourth-order valence-corrected chi connectivity index (χ4v) is 2.96. The Balaban J connectivity index is 2.37. The molecule has 0 spiro atoms. The van der Waals surface area contributed by atoms with Gasteiger partial charge in [0.15, 0.2) is 5.82 Å². The second-order valence-corrected chi connectivity index (χ2v) is 7.51. The Labute approximate surface area is 185 Å². The van der Waals surface area contributed by atoms with E-state index in [2.05, 4.69) is 54.3 Å². The largest absolute Gasteiger partial charge is 0.508 e. The number of aliphatic hydroxyl groups is 1. The van der Waals surface area contributed by atoms with Gasteiger partial charge in [0.1, 0.15) is 23.1 Å². The van der Waals surface area contributed by atoms with Crippen molar-refractivity contribution >= 4 is 23.9 Å². The number of anilines is 2. The Morgan fingerprint density at radius 1 is 1.39 bits per heavy atom. The summed E-state index contributed by atoms with van der Waals surface area (Å²) in [5, 5.41) is 13.0. The Morgan fingerprint density at radius 3 is 2.74 bits per heavy atom. The highest BCUT2D eigenvalue weighted by molar-refractivity contribution is 5.81. The van der Waals surface area contributed by atoms with E-state index in [1.165, 1.54) is 0 Å². The van der Waals surface area contributed by atoms with Crippen LogP contribution in [0.3, 0.4) is 0 Å². The average molecular weight is 423 g/mol. The maximum atomic E-state index is 9.55. The Kier molecular flexibility index (Phi) is 8.61. The number of rotatable bonds is 11. The number of aliphatic imine (C=N–C) groups is 1. The van der Waals surface area contributed by atoms with Crippen LogP contribution in [-0.4, -0.2) is 46.0 Å². The van der Waals surface area contributed by atoms with E-state index in [-0.39, 0.29) is 11.8 Å². The third-order valence-electron chi connectivity index (χ3n) is 5.06. The summed E-state index contributed by atoms with van der Waals surface area (Å²) in [7, 11) is 2.00. The molecule has 0 fully saturated rings. The van der Waals surface area contributed by atoms with E-state index in [4.69, 9.17) is 4.98 Å². The SMILES string of the molecule is C=Nc1c(NCCC(=C)/C=C\C(O)=C/C)cc(-n2ccnc2CC)nc1N(C)C(C)C. The maximum Gasteiger partial charge on any atom is 0.159 e. The number of nitrogens with zero attached hydrogens (tertiary/aromatic N) is 5. The van der Waals surface area contributed by atoms with Crippen LogP contribution < -0.4 is 10.2 Å². The molecule has 166 valence electrons. The zero-order valence-electron chi connectivity index (χ0n) is 19.3. The smallest absolute Gasteiger partial charge is 0.159 e. The van der Waals surface area contributed by atoms with Gasteiger partial charge in [-0.3, -0.25) is 9.56 Å². The lowest BCUT2D eigenvalue weighted by Crippen LogP contribution is -2.27. The van der Waals surface area contributed by atoms with E-state index < -0.39 is 0 Å². The molecule has 0 aliphatic carbocycles. The van der Waals surface area contributed by atoms with Gasteiger partial charge in [-0.15, -0.1) is 0 Å². The molecule has 2 aromatic heterocycles. The van der Waals surface area contributed by atoms with Gasteiger partial charge in [-0.25, -0.2) is 9.97 Å². The van der Waals surface area contributed by atoms with Crippen LogP contribution in [0.4, 0.5) is 17.2 Å².